The molecule has 5 nitrogen and oxygen atoms in total. The molecule has 132 valence electrons. The maximum absolute atomic E-state index is 6.34. The molecule has 4 heterocycles. The van der Waals surface area contributed by atoms with Crippen molar-refractivity contribution in [2.75, 3.05) is 5.73 Å². The molecular weight excluding hydrogens is 382 g/mol. The summed E-state index contributed by atoms with van der Waals surface area (Å²) in [6.45, 7) is 0. The predicted octanol–water partition coefficient (Wildman–Crippen LogP) is 4.84. The highest BCUT2D eigenvalue weighted by atomic mass is 32.2. The Bertz CT molecular complexity index is 1100. The molecule has 0 aromatic carbocycles. The Morgan fingerprint density at radius 2 is 2.04 bits per heavy atom. The zero-order valence-corrected chi connectivity index (χ0v) is 16.5. The molecule has 26 heavy (non-hydrogen) atoms. The van der Waals surface area contributed by atoms with E-state index in [1.807, 2.05) is 11.4 Å². The van der Waals surface area contributed by atoms with Crippen LogP contribution in [-0.4, -0.2) is 19.9 Å². The van der Waals surface area contributed by atoms with Gasteiger partial charge in [0.25, 0.3) is 0 Å². The van der Waals surface area contributed by atoms with E-state index in [0.717, 1.165) is 44.1 Å². The molecule has 0 aliphatic heterocycles. The van der Waals surface area contributed by atoms with Gasteiger partial charge in [-0.1, -0.05) is 18.2 Å². The van der Waals surface area contributed by atoms with Crippen LogP contribution in [0.2, 0.25) is 0 Å². The van der Waals surface area contributed by atoms with Crippen molar-refractivity contribution in [1.82, 2.24) is 19.9 Å². The highest BCUT2D eigenvalue weighted by Gasteiger charge is 2.19. The zero-order valence-electron chi connectivity index (χ0n) is 14.1. The normalized spacial score (nSPS) is 14.6. The van der Waals surface area contributed by atoms with Crippen LogP contribution in [0.25, 0.3) is 20.4 Å². The largest absolute Gasteiger partial charge is 0.383 e. The molecule has 4 aromatic rings. The van der Waals surface area contributed by atoms with Crippen molar-refractivity contribution < 1.29 is 0 Å². The van der Waals surface area contributed by atoms with Crippen molar-refractivity contribution >= 4 is 60.7 Å². The van der Waals surface area contributed by atoms with E-state index in [1.165, 1.54) is 29.7 Å². The lowest BCUT2D eigenvalue weighted by Crippen LogP contribution is -2.00. The molecule has 0 atom stereocenters. The molecule has 0 spiro atoms. The van der Waals surface area contributed by atoms with Crippen LogP contribution in [0.4, 0.5) is 5.82 Å². The quantitative estimate of drug-likeness (QED) is 0.302. The predicted molar refractivity (Wildman–Crippen MR) is 110 cm³/mol. The first-order valence-corrected chi connectivity index (χ1v) is 11.4. The van der Waals surface area contributed by atoms with Gasteiger partial charge in [0, 0.05) is 4.88 Å². The van der Waals surface area contributed by atoms with E-state index in [-0.39, 0.29) is 0 Å². The SMILES string of the molecule is Nc1nc(CSc2ncnc3ccsc23)nc2sc3c(c12)CCCCC3. The topological polar surface area (TPSA) is 77.6 Å². The molecule has 5 rings (SSSR count). The molecule has 4 aromatic heterocycles. The van der Waals surface area contributed by atoms with Crippen molar-refractivity contribution in [2.45, 2.75) is 42.9 Å². The van der Waals surface area contributed by atoms with Crippen LogP contribution in [0.5, 0.6) is 0 Å². The second-order valence-corrected chi connectivity index (χ2v) is 9.34. The van der Waals surface area contributed by atoms with E-state index in [0.29, 0.717) is 11.6 Å². The Hall–Kier alpha value is -1.77. The summed E-state index contributed by atoms with van der Waals surface area (Å²) in [7, 11) is 0. The summed E-state index contributed by atoms with van der Waals surface area (Å²) in [6.07, 6.45) is 7.67. The number of anilines is 1. The first-order valence-electron chi connectivity index (χ1n) is 8.67. The zero-order chi connectivity index (χ0) is 17.5. The van der Waals surface area contributed by atoms with Gasteiger partial charge in [-0.05, 0) is 42.7 Å². The fourth-order valence-electron chi connectivity index (χ4n) is 3.47. The van der Waals surface area contributed by atoms with Gasteiger partial charge in [-0.2, -0.15) is 0 Å². The number of rotatable bonds is 3. The molecule has 0 saturated carbocycles. The Morgan fingerprint density at radius 1 is 1.12 bits per heavy atom. The minimum Gasteiger partial charge on any atom is -0.383 e. The summed E-state index contributed by atoms with van der Waals surface area (Å²) in [4.78, 5) is 20.6. The minimum atomic E-state index is 0.633. The van der Waals surface area contributed by atoms with Crippen molar-refractivity contribution in [2.24, 2.45) is 0 Å². The van der Waals surface area contributed by atoms with Crippen LogP contribution in [0.3, 0.4) is 0 Å². The van der Waals surface area contributed by atoms with Crippen LogP contribution < -0.4 is 5.73 Å². The minimum absolute atomic E-state index is 0.633. The third-order valence-corrected chi connectivity index (χ3v) is 7.90. The van der Waals surface area contributed by atoms with Crippen LogP contribution >= 0.6 is 34.4 Å². The van der Waals surface area contributed by atoms with Gasteiger partial charge in [0.1, 0.15) is 27.8 Å². The molecule has 0 unspecified atom stereocenters. The third-order valence-electron chi connectivity index (χ3n) is 4.69. The van der Waals surface area contributed by atoms with Gasteiger partial charge in [-0.3, -0.25) is 0 Å². The maximum Gasteiger partial charge on any atom is 0.142 e. The monoisotopic (exact) mass is 399 g/mol. The summed E-state index contributed by atoms with van der Waals surface area (Å²) in [5, 5.41) is 4.13. The first-order chi connectivity index (χ1) is 12.8. The Kier molecular flexibility index (Phi) is 4.26. The highest BCUT2D eigenvalue weighted by molar-refractivity contribution is 7.98. The molecule has 0 radical (unpaired) electrons. The van der Waals surface area contributed by atoms with Gasteiger partial charge in [0.15, 0.2) is 0 Å². The summed E-state index contributed by atoms with van der Waals surface area (Å²) < 4.78 is 1.12. The van der Waals surface area contributed by atoms with Crippen molar-refractivity contribution in [3.8, 4) is 0 Å². The lowest BCUT2D eigenvalue weighted by atomic mass is 10.1. The van der Waals surface area contributed by atoms with E-state index in [9.17, 15) is 0 Å². The number of nitrogens with zero attached hydrogens (tertiary/aromatic N) is 4. The summed E-state index contributed by atoms with van der Waals surface area (Å²) in [6, 6.07) is 2.02. The fraction of sp³-hybridized carbons (Fsp3) is 0.333. The number of hydrogen-bond donors (Lipinski definition) is 1. The molecule has 2 N–H and O–H groups in total. The van der Waals surface area contributed by atoms with Gasteiger partial charge in [-0.15, -0.1) is 22.7 Å². The molecule has 1 aliphatic carbocycles. The average Bonchev–Trinajstić information content (AvgIpc) is 3.19. The second-order valence-electron chi connectivity index (χ2n) is 6.37. The lowest BCUT2D eigenvalue weighted by molar-refractivity contribution is 0.713. The number of thioether (sulfide) groups is 1. The van der Waals surface area contributed by atoms with E-state index in [2.05, 4.69) is 15.0 Å². The fourth-order valence-corrected chi connectivity index (χ4v) is 6.56. The van der Waals surface area contributed by atoms with Crippen LogP contribution in [0.1, 0.15) is 35.5 Å². The molecule has 1 aliphatic rings. The van der Waals surface area contributed by atoms with E-state index in [4.69, 9.17) is 10.7 Å². The number of thiophene rings is 2. The van der Waals surface area contributed by atoms with Crippen molar-refractivity contribution in [3.05, 3.63) is 34.0 Å². The van der Waals surface area contributed by atoms with Gasteiger partial charge in [0.05, 0.1) is 21.4 Å². The molecule has 0 amide bonds. The molecular formula is C18H17N5S3. The highest BCUT2D eigenvalue weighted by Crippen LogP contribution is 2.38. The van der Waals surface area contributed by atoms with Gasteiger partial charge >= 0.3 is 0 Å². The Balaban J connectivity index is 1.47. The molecule has 8 heteroatoms. The van der Waals surface area contributed by atoms with E-state index >= 15 is 0 Å². The van der Waals surface area contributed by atoms with Gasteiger partial charge in [0.2, 0.25) is 0 Å². The number of hydrogen-bond acceptors (Lipinski definition) is 8. The average molecular weight is 400 g/mol. The van der Waals surface area contributed by atoms with E-state index in [1.54, 1.807) is 40.8 Å². The van der Waals surface area contributed by atoms with Crippen LogP contribution in [0, 0.1) is 0 Å². The smallest absolute Gasteiger partial charge is 0.142 e. The Morgan fingerprint density at radius 3 is 3.00 bits per heavy atom. The number of nitrogens with two attached hydrogens (primary N) is 1. The number of nitrogen functional groups attached to an aromatic ring is 1. The Labute approximate surface area is 163 Å². The number of aryl methyl sites for hydroxylation is 2. The van der Waals surface area contributed by atoms with Crippen LogP contribution in [0.15, 0.2) is 22.8 Å². The number of aromatic nitrogens is 4. The molecule has 0 saturated heterocycles. The molecule has 0 bridgehead atoms. The van der Waals surface area contributed by atoms with Crippen molar-refractivity contribution in [1.29, 1.82) is 0 Å². The summed E-state index contributed by atoms with van der Waals surface area (Å²) >= 11 is 5.12. The van der Waals surface area contributed by atoms with Gasteiger partial charge < -0.3 is 5.73 Å². The number of fused-ring (bicyclic) bond motifs is 4. The third kappa shape index (κ3) is 2.86. The first kappa shape index (κ1) is 16.4. The molecule has 0 fully saturated rings. The lowest BCUT2D eigenvalue weighted by Gasteiger charge is -2.05. The van der Waals surface area contributed by atoms with Crippen molar-refractivity contribution in [3.63, 3.8) is 0 Å². The summed E-state index contributed by atoms with van der Waals surface area (Å²) in [5.74, 6) is 2.07. The standard InChI is InChI=1S/C18H17N5S3/c19-16-14-10-4-2-1-3-5-12(10)26-17(14)23-13(22-16)8-25-18-15-11(6-7-24-15)20-9-21-18/h6-7,9H,1-5,8H2,(H2,19,22,23). The maximum atomic E-state index is 6.34. The second kappa shape index (κ2) is 6.75. The van der Waals surface area contributed by atoms with Gasteiger partial charge in [-0.25, -0.2) is 19.9 Å². The summed E-state index contributed by atoms with van der Waals surface area (Å²) in [5.41, 5.74) is 8.73. The van der Waals surface area contributed by atoms with Crippen LogP contribution in [-0.2, 0) is 18.6 Å². The van der Waals surface area contributed by atoms with E-state index < -0.39 is 0 Å².